The van der Waals surface area contributed by atoms with E-state index >= 15 is 0 Å². The third kappa shape index (κ3) is 2.38. The first kappa shape index (κ1) is 12.6. The van der Waals surface area contributed by atoms with Gasteiger partial charge in [-0.25, -0.2) is 13.2 Å². The fourth-order valence-corrected chi connectivity index (χ4v) is 1.79. The molecule has 0 fully saturated rings. The molecule has 1 N–H and O–H groups in total. The van der Waals surface area contributed by atoms with Gasteiger partial charge in [0.15, 0.2) is 0 Å². The van der Waals surface area contributed by atoms with Crippen molar-refractivity contribution in [3.63, 3.8) is 0 Å². The number of hydrogen-bond donors (Lipinski definition) is 1. The highest BCUT2D eigenvalue weighted by molar-refractivity contribution is 5.35. The van der Waals surface area contributed by atoms with Crippen molar-refractivity contribution in [2.45, 2.75) is 12.5 Å². The van der Waals surface area contributed by atoms with Crippen LogP contribution < -0.4 is 0 Å². The lowest BCUT2D eigenvalue weighted by atomic mass is 9.88. The van der Waals surface area contributed by atoms with Crippen LogP contribution in [0.5, 0.6) is 0 Å². The Morgan fingerprint density at radius 2 is 1.39 bits per heavy atom. The lowest BCUT2D eigenvalue weighted by Gasteiger charge is -2.24. The van der Waals surface area contributed by atoms with Gasteiger partial charge in [0.1, 0.15) is 23.1 Å². The van der Waals surface area contributed by atoms with E-state index in [-0.39, 0.29) is 11.1 Å². The van der Waals surface area contributed by atoms with Gasteiger partial charge in [0.2, 0.25) is 0 Å². The predicted molar refractivity (Wildman–Crippen MR) is 61.4 cm³/mol. The highest BCUT2D eigenvalue weighted by atomic mass is 19.1. The number of rotatable bonds is 2. The summed E-state index contributed by atoms with van der Waals surface area (Å²) in [5.41, 5.74) is -1.40. The van der Waals surface area contributed by atoms with E-state index in [2.05, 4.69) is 0 Å². The Hall–Kier alpha value is -1.81. The van der Waals surface area contributed by atoms with Gasteiger partial charge in [0.05, 0.1) is 0 Å². The predicted octanol–water partition coefficient (Wildman–Crippen LogP) is 3.36. The van der Waals surface area contributed by atoms with Crippen LogP contribution in [-0.2, 0) is 5.60 Å². The van der Waals surface area contributed by atoms with Crippen LogP contribution >= 0.6 is 0 Å². The van der Waals surface area contributed by atoms with Crippen LogP contribution in [0.25, 0.3) is 0 Å². The lowest BCUT2D eigenvalue weighted by molar-refractivity contribution is 0.101. The molecule has 94 valence electrons. The zero-order chi connectivity index (χ0) is 13.3. The Morgan fingerprint density at radius 3 is 1.94 bits per heavy atom. The summed E-state index contributed by atoms with van der Waals surface area (Å²) in [6.07, 6.45) is 0. The summed E-state index contributed by atoms with van der Waals surface area (Å²) < 4.78 is 39.4. The van der Waals surface area contributed by atoms with Gasteiger partial charge in [0.25, 0.3) is 0 Å². The molecule has 2 aromatic carbocycles. The van der Waals surface area contributed by atoms with Gasteiger partial charge < -0.3 is 5.11 Å². The summed E-state index contributed by atoms with van der Waals surface area (Å²) in [6.45, 7) is 1.36. The molecule has 0 heterocycles. The molecule has 18 heavy (non-hydrogen) atoms. The molecule has 1 atom stereocenters. The molecule has 2 rings (SSSR count). The quantitative estimate of drug-likeness (QED) is 0.868. The minimum Gasteiger partial charge on any atom is -0.381 e. The molecule has 2 aromatic rings. The molecule has 1 unspecified atom stereocenters. The number of hydrogen-bond acceptors (Lipinski definition) is 1. The van der Waals surface area contributed by atoms with Gasteiger partial charge in [-0.15, -0.1) is 0 Å². The van der Waals surface area contributed by atoms with Gasteiger partial charge in [-0.1, -0.05) is 12.1 Å². The molecule has 0 aliphatic carbocycles. The highest BCUT2D eigenvalue weighted by Crippen LogP contribution is 2.30. The van der Waals surface area contributed by atoms with E-state index in [1.165, 1.54) is 25.1 Å². The van der Waals surface area contributed by atoms with Crippen LogP contribution in [0.1, 0.15) is 18.1 Å². The van der Waals surface area contributed by atoms with Crippen molar-refractivity contribution in [2.24, 2.45) is 0 Å². The first-order valence-corrected chi connectivity index (χ1v) is 5.34. The Labute approximate surface area is 103 Å². The number of benzene rings is 2. The fourth-order valence-electron chi connectivity index (χ4n) is 1.79. The molecule has 4 heteroatoms. The second-order valence-electron chi connectivity index (χ2n) is 4.24. The number of halogens is 3. The monoisotopic (exact) mass is 252 g/mol. The van der Waals surface area contributed by atoms with Crippen LogP contribution in [0.2, 0.25) is 0 Å². The van der Waals surface area contributed by atoms with Gasteiger partial charge in [-0.2, -0.15) is 0 Å². The summed E-state index contributed by atoms with van der Waals surface area (Å²) in [5.74, 6) is -2.10. The molecule has 0 spiro atoms. The minimum atomic E-state index is -1.66. The molecule has 0 aliphatic rings. The average molecular weight is 252 g/mol. The van der Waals surface area contributed by atoms with Crippen molar-refractivity contribution < 1.29 is 18.3 Å². The molecule has 0 bridgehead atoms. The molecule has 0 amide bonds. The van der Waals surface area contributed by atoms with E-state index in [0.29, 0.717) is 6.07 Å². The maximum Gasteiger partial charge on any atom is 0.126 e. The SMILES string of the molecule is CC(O)(c1cccc(F)c1)c1cc(F)cc(F)c1. The van der Waals surface area contributed by atoms with Crippen LogP contribution in [0.4, 0.5) is 13.2 Å². The molecule has 1 nitrogen and oxygen atoms in total. The van der Waals surface area contributed by atoms with Crippen molar-refractivity contribution in [3.8, 4) is 0 Å². The molecule has 0 radical (unpaired) electrons. The molecular formula is C14H11F3O. The Kier molecular flexibility index (Phi) is 3.13. The fraction of sp³-hybridized carbons (Fsp3) is 0.143. The first-order valence-electron chi connectivity index (χ1n) is 5.34. The normalized spacial score (nSPS) is 14.3. The van der Waals surface area contributed by atoms with E-state index < -0.39 is 23.1 Å². The van der Waals surface area contributed by atoms with Crippen molar-refractivity contribution in [1.82, 2.24) is 0 Å². The van der Waals surface area contributed by atoms with Crippen molar-refractivity contribution in [1.29, 1.82) is 0 Å². The molecular weight excluding hydrogens is 241 g/mol. The summed E-state index contributed by atoms with van der Waals surface area (Å²) in [6, 6.07) is 8.03. The minimum absolute atomic E-state index is 0.0330. The zero-order valence-electron chi connectivity index (χ0n) is 9.62. The zero-order valence-corrected chi connectivity index (χ0v) is 9.62. The maximum absolute atomic E-state index is 13.1. The Morgan fingerprint density at radius 1 is 0.833 bits per heavy atom. The van der Waals surface area contributed by atoms with E-state index in [0.717, 1.165) is 18.2 Å². The smallest absolute Gasteiger partial charge is 0.126 e. The largest absolute Gasteiger partial charge is 0.381 e. The van der Waals surface area contributed by atoms with E-state index in [4.69, 9.17) is 0 Å². The van der Waals surface area contributed by atoms with E-state index in [1.807, 2.05) is 0 Å². The van der Waals surface area contributed by atoms with Crippen molar-refractivity contribution in [2.75, 3.05) is 0 Å². The van der Waals surface area contributed by atoms with Crippen LogP contribution in [0.15, 0.2) is 42.5 Å². The third-order valence-corrected chi connectivity index (χ3v) is 2.81. The highest BCUT2D eigenvalue weighted by Gasteiger charge is 2.27. The van der Waals surface area contributed by atoms with Crippen LogP contribution in [0, 0.1) is 17.5 Å². The maximum atomic E-state index is 13.1. The van der Waals surface area contributed by atoms with Gasteiger partial charge in [0, 0.05) is 6.07 Å². The van der Waals surface area contributed by atoms with Crippen LogP contribution in [0.3, 0.4) is 0 Å². The van der Waals surface area contributed by atoms with E-state index in [1.54, 1.807) is 0 Å². The molecule has 0 saturated carbocycles. The Balaban J connectivity index is 2.53. The second kappa shape index (κ2) is 4.46. The van der Waals surface area contributed by atoms with Crippen molar-refractivity contribution >= 4 is 0 Å². The van der Waals surface area contributed by atoms with Gasteiger partial charge in [-0.05, 0) is 42.3 Å². The Bertz CT molecular complexity index is 559. The second-order valence-corrected chi connectivity index (χ2v) is 4.24. The molecule has 0 saturated heterocycles. The summed E-state index contributed by atoms with van der Waals surface area (Å²) in [7, 11) is 0. The van der Waals surface area contributed by atoms with E-state index in [9.17, 15) is 18.3 Å². The molecule has 0 aliphatic heterocycles. The summed E-state index contributed by atoms with van der Waals surface area (Å²) in [5, 5.41) is 10.3. The lowest BCUT2D eigenvalue weighted by Crippen LogP contribution is -2.23. The summed E-state index contributed by atoms with van der Waals surface area (Å²) in [4.78, 5) is 0. The third-order valence-electron chi connectivity index (χ3n) is 2.81. The standard InChI is InChI=1S/C14H11F3O/c1-14(18,9-3-2-4-11(15)5-9)10-6-12(16)8-13(17)7-10/h2-8,18H,1H3. The number of aliphatic hydroxyl groups is 1. The summed E-state index contributed by atoms with van der Waals surface area (Å²) >= 11 is 0. The van der Waals surface area contributed by atoms with Crippen LogP contribution in [-0.4, -0.2) is 5.11 Å². The topological polar surface area (TPSA) is 20.2 Å². The van der Waals surface area contributed by atoms with Gasteiger partial charge >= 0.3 is 0 Å². The van der Waals surface area contributed by atoms with Crippen molar-refractivity contribution in [3.05, 3.63) is 71.0 Å². The first-order chi connectivity index (χ1) is 8.39. The van der Waals surface area contributed by atoms with Gasteiger partial charge in [-0.3, -0.25) is 0 Å². The average Bonchev–Trinajstić information content (AvgIpc) is 2.27. The molecule has 0 aromatic heterocycles.